The minimum atomic E-state index is 0.0588. The first-order valence-electron chi connectivity index (χ1n) is 8.37. The van der Waals surface area contributed by atoms with Gasteiger partial charge in [0.2, 0.25) is 0 Å². The van der Waals surface area contributed by atoms with Gasteiger partial charge in [0.15, 0.2) is 0 Å². The van der Waals surface area contributed by atoms with Gasteiger partial charge in [-0.15, -0.1) is 0 Å². The van der Waals surface area contributed by atoms with Crippen LogP contribution in [0, 0.1) is 0 Å². The molecule has 3 nitrogen and oxygen atoms in total. The average Bonchev–Trinajstić information content (AvgIpc) is 2.94. The monoisotopic (exact) mass is 289 g/mol. The molecule has 0 radical (unpaired) electrons. The minimum Gasteiger partial charge on any atom is -0.496 e. The van der Waals surface area contributed by atoms with Crippen LogP contribution in [0.3, 0.4) is 0 Å². The highest BCUT2D eigenvalue weighted by atomic mass is 16.5. The predicted molar refractivity (Wildman–Crippen MR) is 85.1 cm³/mol. The average molecular weight is 289 g/mol. The first-order chi connectivity index (χ1) is 10.3. The number of fused-ring (bicyclic) bond motifs is 1. The van der Waals surface area contributed by atoms with Gasteiger partial charge in [0.25, 0.3) is 0 Å². The highest BCUT2D eigenvalue weighted by molar-refractivity contribution is 5.49. The fourth-order valence-corrected chi connectivity index (χ4v) is 3.84. The zero-order valence-corrected chi connectivity index (χ0v) is 13.3. The molecule has 116 valence electrons. The van der Waals surface area contributed by atoms with Crippen LogP contribution in [-0.2, 0) is 0 Å². The molecule has 1 aliphatic heterocycles. The van der Waals surface area contributed by atoms with E-state index in [1.807, 2.05) is 12.1 Å². The van der Waals surface area contributed by atoms with E-state index in [1.165, 1.54) is 44.1 Å². The summed E-state index contributed by atoms with van der Waals surface area (Å²) < 4.78 is 12.0. The second kappa shape index (κ2) is 6.27. The summed E-state index contributed by atoms with van der Waals surface area (Å²) in [6, 6.07) is 6.54. The van der Waals surface area contributed by atoms with E-state index in [0.29, 0.717) is 6.04 Å². The molecule has 3 rings (SSSR count). The van der Waals surface area contributed by atoms with Crippen molar-refractivity contribution in [3.05, 3.63) is 23.8 Å². The molecule has 1 N–H and O–H groups in total. The van der Waals surface area contributed by atoms with Gasteiger partial charge < -0.3 is 14.8 Å². The smallest absolute Gasteiger partial charge is 0.128 e. The van der Waals surface area contributed by atoms with Crippen LogP contribution >= 0.6 is 0 Å². The van der Waals surface area contributed by atoms with Crippen LogP contribution in [0.15, 0.2) is 18.2 Å². The van der Waals surface area contributed by atoms with Crippen LogP contribution < -0.4 is 14.8 Å². The van der Waals surface area contributed by atoms with Crippen molar-refractivity contribution in [2.24, 2.45) is 0 Å². The molecule has 0 aromatic heterocycles. The normalized spacial score (nSPS) is 22.9. The van der Waals surface area contributed by atoms with Gasteiger partial charge in [-0.05, 0) is 50.8 Å². The summed E-state index contributed by atoms with van der Waals surface area (Å²) >= 11 is 0. The van der Waals surface area contributed by atoms with E-state index < -0.39 is 0 Å². The third-order valence-corrected chi connectivity index (χ3v) is 4.93. The number of methoxy groups -OCH3 is 1. The Bertz CT molecular complexity index is 480. The second-order valence-corrected chi connectivity index (χ2v) is 6.43. The van der Waals surface area contributed by atoms with Gasteiger partial charge in [0.1, 0.15) is 17.1 Å². The molecule has 1 atom stereocenters. The standard InChI is InChI=1S/C18H27NO2/c1-3-4-12-19-14-13-18(10-5-6-11-18)21-16-9-7-8-15(20-2)17(14)16/h7-9,14,19H,3-6,10-13H2,1-2H3. The third-order valence-electron chi connectivity index (χ3n) is 4.93. The largest absolute Gasteiger partial charge is 0.496 e. The summed E-state index contributed by atoms with van der Waals surface area (Å²) in [4.78, 5) is 0. The van der Waals surface area contributed by atoms with Crippen molar-refractivity contribution >= 4 is 0 Å². The summed E-state index contributed by atoms with van der Waals surface area (Å²) in [6.45, 7) is 3.30. The van der Waals surface area contributed by atoms with Crippen LogP contribution in [-0.4, -0.2) is 19.3 Å². The van der Waals surface area contributed by atoms with Crippen molar-refractivity contribution in [2.45, 2.75) is 63.5 Å². The molecule has 1 saturated carbocycles. The van der Waals surface area contributed by atoms with Gasteiger partial charge >= 0.3 is 0 Å². The van der Waals surface area contributed by atoms with E-state index in [2.05, 4.69) is 18.3 Å². The Labute approximate surface area is 128 Å². The maximum absolute atomic E-state index is 6.44. The number of rotatable bonds is 5. The molecule has 1 unspecified atom stereocenters. The molecule has 0 amide bonds. The lowest BCUT2D eigenvalue weighted by Crippen LogP contribution is -2.42. The van der Waals surface area contributed by atoms with Gasteiger partial charge in [-0.1, -0.05) is 19.4 Å². The summed E-state index contributed by atoms with van der Waals surface area (Å²) in [6.07, 6.45) is 8.48. The van der Waals surface area contributed by atoms with Crippen LogP contribution in [0.1, 0.15) is 63.5 Å². The first kappa shape index (κ1) is 14.7. The lowest BCUT2D eigenvalue weighted by atomic mass is 9.85. The number of ether oxygens (including phenoxy) is 2. The van der Waals surface area contributed by atoms with E-state index >= 15 is 0 Å². The molecular weight excluding hydrogens is 262 g/mol. The van der Waals surface area contributed by atoms with Crippen molar-refractivity contribution in [1.82, 2.24) is 5.32 Å². The molecule has 1 heterocycles. The molecular formula is C18H27NO2. The fourth-order valence-electron chi connectivity index (χ4n) is 3.84. The Balaban J connectivity index is 1.90. The van der Waals surface area contributed by atoms with Crippen LogP contribution in [0.4, 0.5) is 0 Å². The van der Waals surface area contributed by atoms with E-state index in [1.54, 1.807) is 7.11 Å². The first-order valence-corrected chi connectivity index (χ1v) is 8.37. The maximum Gasteiger partial charge on any atom is 0.128 e. The zero-order chi connectivity index (χ0) is 14.7. The minimum absolute atomic E-state index is 0.0588. The van der Waals surface area contributed by atoms with Gasteiger partial charge in [-0.25, -0.2) is 0 Å². The lowest BCUT2D eigenvalue weighted by molar-refractivity contribution is 0.0357. The number of benzene rings is 1. The molecule has 1 aromatic carbocycles. The topological polar surface area (TPSA) is 30.5 Å². The second-order valence-electron chi connectivity index (χ2n) is 6.43. The summed E-state index contributed by atoms with van der Waals surface area (Å²) in [5, 5.41) is 3.74. The highest BCUT2D eigenvalue weighted by Gasteiger charge is 2.43. The van der Waals surface area contributed by atoms with Gasteiger partial charge in [0.05, 0.1) is 12.7 Å². The van der Waals surface area contributed by atoms with Gasteiger partial charge in [-0.3, -0.25) is 0 Å². The van der Waals surface area contributed by atoms with Crippen molar-refractivity contribution in [1.29, 1.82) is 0 Å². The van der Waals surface area contributed by atoms with E-state index in [0.717, 1.165) is 24.5 Å². The summed E-state index contributed by atoms with van der Waals surface area (Å²) in [5.41, 5.74) is 1.28. The molecule has 3 heteroatoms. The Hall–Kier alpha value is -1.22. The van der Waals surface area contributed by atoms with Crippen LogP contribution in [0.2, 0.25) is 0 Å². The molecule has 0 saturated heterocycles. The molecule has 0 bridgehead atoms. The van der Waals surface area contributed by atoms with E-state index in [-0.39, 0.29) is 5.60 Å². The van der Waals surface area contributed by atoms with Gasteiger partial charge in [0, 0.05) is 12.5 Å². The predicted octanol–water partition coefficient (Wildman–Crippen LogP) is 4.22. The Morgan fingerprint density at radius 1 is 1.33 bits per heavy atom. The molecule has 2 aliphatic rings. The van der Waals surface area contributed by atoms with Crippen molar-refractivity contribution in [3.8, 4) is 11.5 Å². The summed E-state index contributed by atoms with van der Waals surface area (Å²) in [7, 11) is 1.75. The molecule has 21 heavy (non-hydrogen) atoms. The third kappa shape index (κ3) is 2.89. The quantitative estimate of drug-likeness (QED) is 0.823. The molecule has 1 fully saturated rings. The Kier molecular flexibility index (Phi) is 4.39. The maximum atomic E-state index is 6.44. The number of hydrogen-bond donors (Lipinski definition) is 1. The van der Waals surface area contributed by atoms with E-state index in [4.69, 9.17) is 9.47 Å². The number of nitrogens with one attached hydrogen (secondary N) is 1. The Morgan fingerprint density at radius 2 is 2.14 bits per heavy atom. The highest BCUT2D eigenvalue weighted by Crippen LogP contribution is 2.49. The van der Waals surface area contributed by atoms with Crippen LogP contribution in [0.25, 0.3) is 0 Å². The number of hydrogen-bond acceptors (Lipinski definition) is 3. The SMILES string of the molecule is CCCCNC1CC2(CCCC2)Oc2cccc(OC)c21. The van der Waals surface area contributed by atoms with E-state index in [9.17, 15) is 0 Å². The molecule has 1 aliphatic carbocycles. The van der Waals surface area contributed by atoms with Crippen molar-refractivity contribution in [3.63, 3.8) is 0 Å². The van der Waals surface area contributed by atoms with Crippen molar-refractivity contribution < 1.29 is 9.47 Å². The molecule has 1 spiro atoms. The van der Waals surface area contributed by atoms with Crippen LogP contribution in [0.5, 0.6) is 11.5 Å². The summed E-state index contributed by atoms with van der Waals surface area (Å²) in [5.74, 6) is 1.98. The fraction of sp³-hybridized carbons (Fsp3) is 0.667. The van der Waals surface area contributed by atoms with Crippen molar-refractivity contribution in [2.75, 3.05) is 13.7 Å². The zero-order valence-electron chi connectivity index (χ0n) is 13.3. The van der Waals surface area contributed by atoms with Gasteiger partial charge in [-0.2, -0.15) is 0 Å². The Morgan fingerprint density at radius 3 is 2.86 bits per heavy atom. The molecule has 1 aromatic rings. The lowest BCUT2D eigenvalue weighted by Gasteiger charge is -2.41. The number of unbranched alkanes of at least 4 members (excludes halogenated alkanes) is 1.